The van der Waals surface area contributed by atoms with Gasteiger partial charge in [-0.2, -0.15) is 0 Å². The number of aryl methyl sites for hydroxylation is 1. The van der Waals surface area contributed by atoms with Crippen LogP contribution in [0.1, 0.15) is 56.7 Å². The van der Waals surface area contributed by atoms with Gasteiger partial charge in [0.25, 0.3) is 0 Å². The van der Waals surface area contributed by atoms with Gasteiger partial charge in [0.2, 0.25) is 0 Å². The number of ether oxygens (including phenoxy) is 2. The van der Waals surface area contributed by atoms with Crippen molar-refractivity contribution in [3.05, 3.63) is 29.3 Å². The molecule has 0 aliphatic rings. The molecule has 0 bridgehead atoms. The predicted molar refractivity (Wildman–Crippen MR) is 89.1 cm³/mol. The van der Waals surface area contributed by atoms with Crippen LogP contribution in [-0.4, -0.2) is 26.9 Å². The lowest BCUT2D eigenvalue weighted by molar-refractivity contribution is 0.107. The minimum absolute atomic E-state index is 0.196. The smallest absolute Gasteiger partial charge is 0.123 e. The zero-order valence-corrected chi connectivity index (χ0v) is 14.1. The molecule has 120 valence electrons. The van der Waals surface area contributed by atoms with Crippen LogP contribution in [0.3, 0.4) is 0 Å². The molecule has 0 fully saturated rings. The molecule has 1 N–H and O–H groups in total. The maximum absolute atomic E-state index is 5.87. The number of rotatable bonds is 11. The maximum Gasteiger partial charge on any atom is 0.123 e. The van der Waals surface area contributed by atoms with Gasteiger partial charge in [0.1, 0.15) is 5.75 Å². The van der Waals surface area contributed by atoms with Gasteiger partial charge in [0.05, 0.1) is 19.8 Å². The highest BCUT2D eigenvalue weighted by Gasteiger charge is 2.16. The van der Waals surface area contributed by atoms with Crippen molar-refractivity contribution in [2.75, 3.05) is 26.9 Å². The molecule has 0 heterocycles. The Kier molecular flexibility index (Phi) is 9.11. The zero-order valence-electron chi connectivity index (χ0n) is 14.1. The summed E-state index contributed by atoms with van der Waals surface area (Å²) in [5.41, 5.74) is 2.45. The minimum atomic E-state index is 0.196. The molecule has 3 heteroatoms. The maximum atomic E-state index is 5.87. The summed E-state index contributed by atoms with van der Waals surface area (Å²) in [5.74, 6) is 0.936. The van der Waals surface area contributed by atoms with E-state index in [4.69, 9.17) is 9.47 Å². The van der Waals surface area contributed by atoms with E-state index in [1.54, 1.807) is 7.11 Å². The fourth-order valence-electron chi connectivity index (χ4n) is 2.36. The fourth-order valence-corrected chi connectivity index (χ4v) is 2.36. The van der Waals surface area contributed by atoms with Crippen LogP contribution in [-0.2, 0) is 4.74 Å². The van der Waals surface area contributed by atoms with Crippen LogP contribution in [0, 0.1) is 6.92 Å². The molecule has 0 aliphatic carbocycles. The van der Waals surface area contributed by atoms with Crippen LogP contribution >= 0.6 is 0 Å². The van der Waals surface area contributed by atoms with Crippen molar-refractivity contribution in [1.82, 2.24) is 5.32 Å². The zero-order chi connectivity index (χ0) is 15.5. The quantitative estimate of drug-likeness (QED) is 0.619. The summed E-state index contributed by atoms with van der Waals surface area (Å²) in [6.45, 7) is 9.03. The van der Waals surface area contributed by atoms with Crippen molar-refractivity contribution >= 4 is 0 Å². The van der Waals surface area contributed by atoms with Crippen LogP contribution in [0.5, 0.6) is 5.75 Å². The van der Waals surface area contributed by atoms with Crippen molar-refractivity contribution < 1.29 is 9.47 Å². The lowest BCUT2D eigenvalue weighted by atomic mass is 10.0. The Morgan fingerprint density at radius 2 is 1.95 bits per heavy atom. The summed E-state index contributed by atoms with van der Waals surface area (Å²) < 4.78 is 11.4. The summed E-state index contributed by atoms with van der Waals surface area (Å²) in [4.78, 5) is 0. The first kappa shape index (κ1) is 18.0. The Labute approximate surface area is 130 Å². The molecular weight excluding hydrogens is 262 g/mol. The third-order valence-corrected chi connectivity index (χ3v) is 3.58. The molecule has 1 rings (SSSR count). The van der Waals surface area contributed by atoms with Crippen molar-refractivity contribution in [2.24, 2.45) is 0 Å². The van der Waals surface area contributed by atoms with E-state index in [9.17, 15) is 0 Å². The summed E-state index contributed by atoms with van der Waals surface area (Å²) in [5, 5.41) is 3.57. The second kappa shape index (κ2) is 10.6. The molecule has 21 heavy (non-hydrogen) atoms. The van der Waals surface area contributed by atoms with E-state index in [2.05, 4.69) is 38.2 Å². The van der Waals surface area contributed by atoms with Gasteiger partial charge >= 0.3 is 0 Å². The van der Waals surface area contributed by atoms with E-state index in [-0.39, 0.29) is 6.04 Å². The molecule has 0 spiro atoms. The van der Waals surface area contributed by atoms with Crippen molar-refractivity contribution in [2.45, 2.75) is 52.5 Å². The van der Waals surface area contributed by atoms with E-state index in [0.717, 1.165) is 31.7 Å². The number of hydrogen-bond donors (Lipinski definition) is 1. The number of unbranched alkanes of at least 4 members (excludes halogenated alkanes) is 2. The standard InChI is InChI=1S/C18H31NO2/c1-5-7-8-12-21-14-17(19-11-6-2)16-13-15(3)9-10-18(16)20-4/h9-10,13,17,19H,5-8,11-12,14H2,1-4H3. The first-order valence-electron chi connectivity index (χ1n) is 8.18. The molecule has 3 nitrogen and oxygen atoms in total. The Balaban J connectivity index is 2.69. The summed E-state index contributed by atoms with van der Waals surface area (Å²) in [7, 11) is 1.73. The third kappa shape index (κ3) is 6.49. The minimum Gasteiger partial charge on any atom is -0.496 e. The number of hydrogen-bond acceptors (Lipinski definition) is 3. The van der Waals surface area contributed by atoms with Crippen LogP contribution in [0.4, 0.5) is 0 Å². The molecule has 1 aromatic carbocycles. The van der Waals surface area contributed by atoms with Crippen LogP contribution in [0.2, 0.25) is 0 Å². The van der Waals surface area contributed by atoms with Gasteiger partial charge in [-0.1, -0.05) is 44.4 Å². The molecule has 0 saturated heterocycles. The normalized spacial score (nSPS) is 12.4. The molecular formula is C18H31NO2. The molecule has 0 aromatic heterocycles. The number of benzene rings is 1. The second-order valence-corrected chi connectivity index (χ2v) is 5.53. The Hall–Kier alpha value is -1.06. The average Bonchev–Trinajstić information content (AvgIpc) is 2.50. The van der Waals surface area contributed by atoms with Crippen LogP contribution in [0.25, 0.3) is 0 Å². The SMILES string of the molecule is CCCCCOCC(NCCC)c1cc(C)ccc1OC. The topological polar surface area (TPSA) is 30.5 Å². The predicted octanol–water partition coefficient (Wildman–Crippen LogP) is 4.25. The molecule has 0 radical (unpaired) electrons. The largest absolute Gasteiger partial charge is 0.496 e. The molecule has 0 amide bonds. The fraction of sp³-hybridized carbons (Fsp3) is 0.667. The van der Waals surface area contributed by atoms with E-state index in [1.165, 1.54) is 24.0 Å². The monoisotopic (exact) mass is 293 g/mol. The first-order valence-corrected chi connectivity index (χ1v) is 8.18. The van der Waals surface area contributed by atoms with Gasteiger partial charge in [-0.15, -0.1) is 0 Å². The van der Waals surface area contributed by atoms with E-state index in [1.807, 2.05) is 6.07 Å². The van der Waals surface area contributed by atoms with Crippen molar-refractivity contribution in [3.8, 4) is 5.75 Å². The molecule has 1 aromatic rings. The van der Waals surface area contributed by atoms with Gasteiger partial charge in [-0.05, 0) is 32.4 Å². The molecule has 0 saturated carbocycles. The van der Waals surface area contributed by atoms with Crippen LogP contribution < -0.4 is 10.1 Å². The molecule has 1 unspecified atom stereocenters. The highest BCUT2D eigenvalue weighted by Crippen LogP contribution is 2.26. The number of nitrogens with one attached hydrogen (secondary N) is 1. The molecule has 0 aliphatic heterocycles. The number of methoxy groups -OCH3 is 1. The van der Waals surface area contributed by atoms with Gasteiger partial charge in [-0.3, -0.25) is 0 Å². The highest BCUT2D eigenvalue weighted by molar-refractivity contribution is 5.39. The Morgan fingerprint density at radius 3 is 2.62 bits per heavy atom. The first-order chi connectivity index (χ1) is 10.2. The van der Waals surface area contributed by atoms with Gasteiger partial charge in [0, 0.05) is 12.2 Å². The molecule has 1 atom stereocenters. The second-order valence-electron chi connectivity index (χ2n) is 5.53. The van der Waals surface area contributed by atoms with Gasteiger partial charge in [-0.25, -0.2) is 0 Å². The summed E-state index contributed by atoms with van der Waals surface area (Å²) >= 11 is 0. The van der Waals surface area contributed by atoms with E-state index in [0.29, 0.717) is 6.61 Å². The van der Waals surface area contributed by atoms with Crippen molar-refractivity contribution in [1.29, 1.82) is 0 Å². The lowest BCUT2D eigenvalue weighted by Gasteiger charge is -2.22. The van der Waals surface area contributed by atoms with Crippen molar-refractivity contribution in [3.63, 3.8) is 0 Å². The third-order valence-electron chi connectivity index (χ3n) is 3.58. The highest BCUT2D eigenvalue weighted by atomic mass is 16.5. The van der Waals surface area contributed by atoms with E-state index >= 15 is 0 Å². The summed E-state index contributed by atoms with van der Waals surface area (Å²) in [6.07, 6.45) is 4.72. The average molecular weight is 293 g/mol. The van der Waals surface area contributed by atoms with E-state index < -0.39 is 0 Å². The van der Waals surface area contributed by atoms with Gasteiger partial charge in [0.15, 0.2) is 0 Å². The Bertz CT molecular complexity index is 393. The van der Waals surface area contributed by atoms with Gasteiger partial charge < -0.3 is 14.8 Å². The Morgan fingerprint density at radius 1 is 1.14 bits per heavy atom. The van der Waals surface area contributed by atoms with Crippen LogP contribution in [0.15, 0.2) is 18.2 Å². The summed E-state index contributed by atoms with van der Waals surface area (Å²) in [6, 6.07) is 6.52. The lowest BCUT2D eigenvalue weighted by Crippen LogP contribution is -2.27.